The van der Waals surface area contributed by atoms with Gasteiger partial charge in [-0.25, -0.2) is 4.98 Å². The van der Waals surface area contributed by atoms with Gasteiger partial charge in [-0.1, -0.05) is 12.1 Å². The number of halogens is 3. The quantitative estimate of drug-likeness (QED) is 0.400. The summed E-state index contributed by atoms with van der Waals surface area (Å²) in [6, 6.07) is 9.35. The van der Waals surface area contributed by atoms with Crippen LogP contribution >= 0.6 is 0 Å². The maximum absolute atomic E-state index is 12.9. The van der Waals surface area contributed by atoms with Crippen molar-refractivity contribution in [2.45, 2.75) is 26.6 Å². The summed E-state index contributed by atoms with van der Waals surface area (Å²) in [6.45, 7) is 5.33. The Morgan fingerprint density at radius 1 is 1.06 bits per heavy atom. The van der Waals surface area contributed by atoms with E-state index in [9.17, 15) is 28.1 Å². The molecule has 184 valence electrons. The number of carbonyl (C=O) groups is 1. The molecule has 1 saturated heterocycles. The standard InChI is InChI=1S/C23H23F3N6O3/c1-15-21(32(34)35)16(2)31(28-15)14-17-3-5-18(6-4-17)22(33)30-11-9-29(10-12-30)20-8-7-19(13-27-20)23(24,25)26/h3-8,13H,9-12,14H2,1-2H3. The van der Waals surface area contributed by atoms with Crippen molar-refractivity contribution in [2.75, 3.05) is 31.1 Å². The van der Waals surface area contributed by atoms with Gasteiger partial charge in [-0.05, 0) is 43.7 Å². The number of nitrogens with zero attached hydrogens (tertiary/aromatic N) is 6. The van der Waals surface area contributed by atoms with Crippen molar-refractivity contribution in [1.29, 1.82) is 0 Å². The summed E-state index contributed by atoms with van der Waals surface area (Å²) in [5, 5.41) is 15.4. The lowest BCUT2D eigenvalue weighted by Gasteiger charge is -2.35. The van der Waals surface area contributed by atoms with E-state index in [1.54, 1.807) is 47.7 Å². The normalized spacial score (nSPS) is 14.3. The summed E-state index contributed by atoms with van der Waals surface area (Å²) < 4.78 is 39.8. The number of piperazine rings is 1. The predicted molar refractivity (Wildman–Crippen MR) is 121 cm³/mol. The zero-order valence-electron chi connectivity index (χ0n) is 19.1. The molecule has 0 unspecified atom stereocenters. The number of pyridine rings is 1. The first-order valence-electron chi connectivity index (χ1n) is 10.9. The van der Waals surface area contributed by atoms with Crippen molar-refractivity contribution in [3.63, 3.8) is 0 Å². The highest BCUT2D eigenvalue weighted by Crippen LogP contribution is 2.29. The Bertz CT molecular complexity index is 1230. The molecule has 0 N–H and O–H groups in total. The van der Waals surface area contributed by atoms with Crippen LogP contribution in [0.15, 0.2) is 42.6 Å². The molecule has 1 amide bonds. The molecule has 4 rings (SSSR count). The van der Waals surface area contributed by atoms with Gasteiger partial charge in [0, 0.05) is 37.9 Å². The average Bonchev–Trinajstić information content (AvgIpc) is 3.11. The Morgan fingerprint density at radius 3 is 2.23 bits per heavy atom. The lowest BCUT2D eigenvalue weighted by atomic mass is 10.1. The summed E-state index contributed by atoms with van der Waals surface area (Å²) in [6.07, 6.45) is -3.61. The highest BCUT2D eigenvalue weighted by molar-refractivity contribution is 5.94. The molecule has 0 aliphatic carbocycles. The molecule has 1 fully saturated rings. The van der Waals surface area contributed by atoms with E-state index in [4.69, 9.17) is 0 Å². The summed E-state index contributed by atoms with van der Waals surface area (Å²) in [7, 11) is 0. The summed E-state index contributed by atoms with van der Waals surface area (Å²) >= 11 is 0. The molecule has 3 aromatic rings. The Kier molecular flexibility index (Phi) is 6.46. The van der Waals surface area contributed by atoms with Gasteiger partial charge < -0.3 is 9.80 Å². The Labute approximate surface area is 198 Å². The molecule has 9 nitrogen and oxygen atoms in total. The molecule has 2 aromatic heterocycles. The van der Waals surface area contributed by atoms with Gasteiger partial charge in [-0.15, -0.1) is 0 Å². The molecule has 1 aliphatic heterocycles. The average molecular weight is 488 g/mol. The minimum atomic E-state index is -4.43. The minimum Gasteiger partial charge on any atom is -0.353 e. The van der Waals surface area contributed by atoms with E-state index in [0.29, 0.717) is 55.5 Å². The smallest absolute Gasteiger partial charge is 0.353 e. The molecule has 0 saturated carbocycles. The van der Waals surface area contributed by atoms with Crippen LogP contribution in [0.1, 0.15) is 32.9 Å². The predicted octanol–water partition coefficient (Wildman–Crippen LogP) is 3.83. The van der Waals surface area contributed by atoms with E-state index in [1.165, 1.54) is 6.07 Å². The molecular weight excluding hydrogens is 465 g/mol. The number of alkyl halides is 3. The molecule has 12 heteroatoms. The highest BCUT2D eigenvalue weighted by atomic mass is 19.4. The first-order chi connectivity index (χ1) is 16.5. The van der Waals surface area contributed by atoms with Crippen molar-refractivity contribution in [1.82, 2.24) is 19.7 Å². The van der Waals surface area contributed by atoms with E-state index >= 15 is 0 Å². The number of carbonyl (C=O) groups excluding carboxylic acids is 1. The number of amides is 1. The lowest BCUT2D eigenvalue weighted by Crippen LogP contribution is -2.49. The van der Waals surface area contributed by atoms with Gasteiger partial charge in [-0.3, -0.25) is 19.6 Å². The van der Waals surface area contributed by atoms with Crippen molar-refractivity contribution in [2.24, 2.45) is 0 Å². The molecule has 0 radical (unpaired) electrons. The van der Waals surface area contributed by atoms with Gasteiger partial charge in [0.1, 0.15) is 17.2 Å². The second kappa shape index (κ2) is 9.35. The molecule has 0 bridgehead atoms. The van der Waals surface area contributed by atoms with Gasteiger partial charge >= 0.3 is 11.9 Å². The number of benzene rings is 1. The summed E-state index contributed by atoms with van der Waals surface area (Å²) in [5.74, 6) is 0.303. The van der Waals surface area contributed by atoms with Crippen LogP contribution in [-0.2, 0) is 12.7 Å². The van der Waals surface area contributed by atoms with Crippen LogP contribution in [0, 0.1) is 24.0 Å². The maximum atomic E-state index is 12.9. The van der Waals surface area contributed by atoms with E-state index in [1.807, 2.05) is 4.90 Å². The summed E-state index contributed by atoms with van der Waals surface area (Å²) in [4.78, 5) is 31.1. The van der Waals surface area contributed by atoms with Crippen LogP contribution < -0.4 is 4.90 Å². The number of aryl methyl sites for hydroxylation is 1. The Morgan fingerprint density at radius 2 is 1.71 bits per heavy atom. The van der Waals surface area contributed by atoms with Gasteiger partial charge in [0.25, 0.3) is 5.91 Å². The molecule has 1 aromatic carbocycles. The highest BCUT2D eigenvalue weighted by Gasteiger charge is 2.31. The molecule has 35 heavy (non-hydrogen) atoms. The van der Waals surface area contributed by atoms with Gasteiger partial charge in [0.05, 0.1) is 17.0 Å². The Balaban J connectivity index is 1.36. The zero-order valence-corrected chi connectivity index (χ0v) is 19.1. The molecule has 1 aliphatic rings. The third kappa shape index (κ3) is 5.10. The van der Waals surface area contributed by atoms with Crippen molar-refractivity contribution in [3.8, 4) is 0 Å². The van der Waals surface area contributed by atoms with E-state index < -0.39 is 16.7 Å². The second-order valence-corrected chi connectivity index (χ2v) is 8.31. The van der Waals surface area contributed by atoms with E-state index in [-0.39, 0.29) is 11.6 Å². The fraction of sp³-hybridized carbons (Fsp3) is 0.348. The van der Waals surface area contributed by atoms with Crippen LogP contribution in [0.25, 0.3) is 0 Å². The number of anilines is 1. The molecular formula is C23H23F3N6O3. The fourth-order valence-electron chi connectivity index (χ4n) is 4.09. The van der Waals surface area contributed by atoms with Gasteiger partial charge in [-0.2, -0.15) is 18.3 Å². The second-order valence-electron chi connectivity index (χ2n) is 8.31. The van der Waals surface area contributed by atoms with Crippen LogP contribution in [0.5, 0.6) is 0 Å². The monoisotopic (exact) mass is 488 g/mol. The number of hydrogen-bond acceptors (Lipinski definition) is 6. The Hall–Kier alpha value is -3.96. The number of aromatic nitrogens is 3. The van der Waals surface area contributed by atoms with Crippen LogP contribution in [0.2, 0.25) is 0 Å². The summed E-state index contributed by atoms with van der Waals surface area (Å²) in [5.41, 5.74) is 1.38. The zero-order chi connectivity index (χ0) is 25.3. The SMILES string of the molecule is Cc1nn(Cc2ccc(C(=O)N3CCN(c4ccc(C(F)(F)F)cn4)CC3)cc2)c(C)c1[N+](=O)[O-]. The van der Waals surface area contributed by atoms with Crippen LogP contribution in [0.3, 0.4) is 0 Å². The lowest BCUT2D eigenvalue weighted by molar-refractivity contribution is -0.386. The first kappa shape index (κ1) is 24.2. The fourth-order valence-corrected chi connectivity index (χ4v) is 4.09. The van der Waals surface area contributed by atoms with Crippen molar-refractivity contribution < 1.29 is 22.9 Å². The largest absolute Gasteiger partial charge is 0.417 e. The molecule has 0 spiro atoms. The third-order valence-electron chi connectivity index (χ3n) is 6.03. The van der Waals surface area contributed by atoms with Crippen LogP contribution in [0.4, 0.5) is 24.7 Å². The number of hydrogen-bond donors (Lipinski definition) is 0. The van der Waals surface area contributed by atoms with Gasteiger partial charge in [0.15, 0.2) is 0 Å². The van der Waals surface area contributed by atoms with Crippen molar-refractivity contribution >= 4 is 17.4 Å². The van der Waals surface area contributed by atoms with Gasteiger partial charge in [0.2, 0.25) is 0 Å². The first-order valence-corrected chi connectivity index (χ1v) is 10.9. The number of nitro groups is 1. The third-order valence-corrected chi connectivity index (χ3v) is 6.03. The van der Waals surface area contributed by atoms with E-state index in [2.05, 4.69) is 10.1 Å². The van der Waals surface area contributed by atoms with Crippen LogP contribution in [-0.4, -0.2) is 56.7 Å². The number of rotatable bonds is 5. The molecule has 0 atom stereocenters. The minimum absolute atomic E-state index is 0.00226. The van der Waals surface area contributed by atoms with E-state index in [0.717, 1.165) is 17.8 Å². The topological polar surface area (TPSA) is 97.4 Å². The molecule has 3 heterocycles. The maximum Gasteiger partial charge on any atom is 0.417 e. The van der Waals surface area contributed by atoms with Crippen molar-refractivity contribution in [3.05, 3.63) is 80.8 Å².